The predicted octanol–water partition coefficient (Wildman–Crippen LogP) is 4.29. The molecule has 0 aliphatic heterocycles. The molecule has 0 saturated carbocycles. The minimum absolute atomic E-state index is 0.283. The molecule has 0 amide bonds. The molecule has 0 spiro atoms. The Labute approximate surface area is 130 Å². The van der Waals surface area contributed by atoms with Crippen LogP contribution in [-0.2, 0) is 0 Å². The highest BCUT2D eigenvalue weighted by Crippen LogP contribution is 2.28. The van der Waals surface area contributed by atoms with Crippen molar-refractivity contribution in [1.82, 2.24) is 5.43 Å². The fourth-order valence-corrected chi connectivity index (χ4v) is 2.87. The van der Waals surface area contributed by atoms with E-state index in [1.807, 2.05) is 42.5 Å². The lowest BCUT2D eigenvalue weighted by molar-refractivity contribution is 0.560. The minimum Gasteiger partial charge on any atom is -0.271 e. The number of hydrazine groups is 1. The average Bonchev–Trinajstić information content (AvgIpc) is 2.51. The van der Waals surface area contributed by atoms with Crippen molar-refractivity contribution in [2.45, 2.75) is 6.04 Å². The van der Waals surface area contributed by atoms with Gasteiger partial charge in [-0.2, -0.15) is 0 Å². The Kier molecular flexibility index (Phi) is 4.01. The predicted molar refractivity (Wildman–Crippen MR) is 87.2 cm³/mol. The lowest BCUT2D eigenvalue weighted by Gasteiger charge is -2.18. The highest BCUT2D eigenvalue weighted by Gasteiger charge is 2.17. The maximum absolute atomic E-state index is 14.1. The van der Waals surface area contributed by atoms with Crippen LogP contribution in [-0.4, -0.2) is 0 Å². The molecule has 3 aromatic carbocycles. The van der Waals surface area contributed by atoms with Crippen molar-refractivity contribution in [2.24, 2.45) is 5.84 Å². The van der Waals surface area contributed by atoms with E-state index in [2.05, 4.69) is 21.4 Å². The van der Waals surface area contributed by atoms with Gasteiger partial charge < -0.3 is 0 Å². The maximum Gasteiger partial charge on any atom is 0.128 e. The van der Waals surface area contributed by atoms with Gasteiger partial charge in [-0.15, -0.1) is 0 Å². The van der Waals surface area contributed by atoms with Crippen molar-refractivity contribution in [2.75, 3.05) is 0 Å². The topological polar surface area (TPSA) is 38.0 Å². The van der Waals surface area contributed by atoms with E-state index in [4.69, 9.17) is 5.84 Å². The van der Waals surface area contributed by atoms with Crippen LogP contribution in [0.15, 0.2) is 65.1 Å². The second-order valence-corrected chi connectivity index (χ2v) is 5.79. The molecule has 1 atom stereocenters. The summed E-state index contributed by atoms with van der Waals surface area (Å²) in [7, 11) is 0. The van der Waals surface area contributed by atoms with Crippen molar-refractivity contribution in [1.29, 1.82) is 0 Å². The number of rotatable bonds is 3. The molecule has 0 aliphatic rings. The lowest BCUT2D eigenvalue weighted by Crippen LogP contribution is -2.29. The Hall–Kier alpha value is -1.75. The highest BCUT2D eigenvalue weighted by molar-refractivity contribution is 9.10. The number of benzene rings is 3. The van der Waals surface area contributed by atoms with Gasteiger partial charge in [-0.1, -0.05) is 52.3 Å². The molecule has 3 aromatic rings. The first-order valence-corrected chi connectivity index (χ1v) is 7.38. The van der Waals surface area contributed by atoms with Crippen molar-refractivity contribution in [3.63, 3.8) is 0 Å². The molecule has 3 rings (SSSR count). The number of hydrogen-bond acceptors (Lipinski definition) is 2. The van der Waals surface area contributed by atoms with Crippen molar-refractivity contribution in [3.8, 4) is 0 Å². The van der Waals surface area contributed by atoms with Crippen LogP contribution < -0.4 is 11.3 Å². The van der Waals surface area contributed by atoms with E-state index in [1.165, 1.54) is 6.07 Å². The quantitative estimate of drug-likeness (QED) is 0.549. The fourth-order valence-electron chi connectivity index (χ4n) is 2.49. The largest absolute Gasteiger partial charge is 0.271 e. The summed E-state index contributed by atoms with van der Waals surface area (Å²) in [6.45, 7) is 0. The van der Waals surface area contributed by atoms with Crippen molar-refractivity contribution in [3.05, 3.63) is 82.1 Å². The van der Waals surface area contributed by atoms with E-state index in [0.717, 1.165) is 20.8 Å². The molecule has 3 N–H and O–H groups in total. The molecule has 0 saturated heterocycles. The second kappa shape index (κ2) is 5.93. The third-order valence-corrected chi connectivity index (χ3v) is 4.04. The summed E-state index contributed by atoms with van der Waals surface area (Å²) in [4.78, 5) is 0. The first-order valence-electron chi connectivity index (χ1n) is 6.59. The van der Waals surface area contributed by atoms with E-state index < -0.39 is 6.04 Å². The Morgan fingerprint density at radius 2 is 1.71 bits per heavy atom. The molecule has 0 radical (unpaired) electrons. The van der Waals surface area contributed by atoms with Gasteiger partial charge in [0.05, 0.1) is 6.04 Å². The van der Waals surface area contributed by atoms with Gasteiger partial charge >= 0.3 is 0 Å². The van der Waals surface area contributed by atoms with Crippen molar-refractivity contribution < 1.29 is 4.39 Å². The SMILES string of the molecule is NNC(c1ccc2ccccc2c1)c1cc(Br)ccc1F. The summed E-state index contributed by atoms with van der Waals surface area (Å²) >= 11 is 3.37. The summed E-state index contributed by atoms with van der Waals surface area (Å²) in [5.41, 5.74) is 4.15. The molecule has 2 nitrogen and oxygen atoms in total. The summed E-state index contributed by atoms with van der Waals surface area (Å²) < 4.78 is 14.9. The molecular formula is C17H14BrFN2. The van der Waals surface area contributed by atoms with Gasteiger partial charge in [0.2, 0.25) is 0 Å². The number of nitrogens with two attached hydrogens (primary N) is 1. The molecule has 4 heteroatoms. The van der Waals surface area contributed by atoms with Crippen molar-refractivity contribution >= 4 is 26.7 Å². The zero-order valence-corrected chi connectivity index (χ0v) is 12.8. The smallest absolute Gasteiger partial charge is 0.128 e. The van der Waals surface area contributed by atoms with Gasteiger partial charge in [-0.25, -0.2) is 9.82 Å². The zero-order valence-electron chi connectivity index (χ0n) is 11.2. The monoisotopic (exact) mass is 344 g/mol. The van der Waals surface area contributed by atoms with Gasteiger partial charge in [0.1, 0.15) is 5.82 Å². The van der Waals surface area contributed by atoms with Crippen LogP contribution in [0, 0.1) is 5.82 Å². The van der Waals surface area contributed by atoms with Gasteiger partial charge in [-0.3, -0.25) is 5.84 Å². The molecule has 0 aromatic heterocycles. The van der Waals surface area contributed by atoms with Crippen LogP contribution in [0.1, 0.15) is 17.2 Å². The van der Waals surface area contributed by atoms with Gasteiger partial charge in [0.25, 0.3) is 0 Å². The van der Waals surface area contributed by atoms with E-state index in [9.17, 15) is 4.39 Å². The van der Waals surface area contributed by atoms with Crippen LogP contribution >= 0.6 is 15.9 Å². The zero-order chi connectivity index (χ0) is 14.8. The maximum atomic E-state index is 14.1. The first kappa shape index (κ1) is 14.2. The lowest BCUT2D eigenvalue weighted by atomic mass is 9.96. The molecule has 21 heavy (non-hydrogen) atoms. The second-order valence-electron chi connectivity index (χ2n) is 4.87. The highest BCUT2D eigenvalue weighted by atomic mass is 79.9. The van der Waals surface area contributed by atoms with E-state index in [1.54, 1.807) is 12.1 Å². The van der Waals surface area contributed by atoms with E-state index >= 15 is 0 Å². The average molecular weight is 345 g/mol. The van der Waals surface area contributed by atoms with E-state index in [0.29, 0.717) is 5.56 Å². The standard InChI is InChI=1S/C17H14BrFN2/c18-14-7-8-16(19)15(10-14)17(21-20)13-6-5-11-3-1-2-4-12(11)9-13/h1-10,17,21H,20H2. The van der Waals surface area contributed by atoms with Crippen LogP contribution in [0.2, 0.25) is 0 Å². The number of halogens is 2. The van der Waals surface area contributed by atoms with Crippen LogP contribution in [0.5, 0.6) is 0 Å². The summed E-state index contributed by atoms with van der Waals surface area (Å²) in [6.07, 6.45) is 0. The number of hydrogen-bond donors (Lipinski definition) is 2. The molecule has 0 aliphatic carbocycles. The molecule has 1 unspecified atom stereocenters. The summed E-state index contributed by atoms with van der Waals surface area (Å²) in [5.74, 6) is 5.38. The molecule has 0 bridgehead atoms. The Morgan fingerprint density at radius 3 is 2.48 bits per heavy atom. The molecule has 106 valence electrons. The third kappa shape index (κ3) is 2.83. The summed E-state index contributed by atoms with van der Waals surface area (Å²) in [5, 5.41) is 2.25. The van der Waals surface area contributed by atoms with Crippen LogP contribution in [0.25, 0.3) is 10.8 Å². The van der Waals surface area contributed by atoms with Gasteiger partial charge in [0, 0.05) is 10.0 Å². The Balaban J connectivity index is 2.11. The Morgan fingerprint density at radius 1 is 0.952 bits per heavy atom. The molecule has 0 heterocycles. The van der Waals surface area contributed by atoms with E-state index in [-0.39, 0.29) is 5.82 Å². The Bertz CT molecular complexity index is 789. The fraction of sp³-hybridized carbons (Fsp3) is 0.0588. The van der Waals surface area contributed by atoms with Crippen LogP contribution in [0.3, 0.4) is 0 Å². The first-order chi connectivity index (χ1) is 10.2. The van der Waals surface area contributed by atoms with Crippen LogP contribution in [0.4, 0.5) is 4.39 Å². The van der Waals surface area contributed by atoms with Gasteiger partial charge in [0.15, 0.2) is 0 Å². The normalized spacial score (nSPS) is 12.5. The minimum atomic E-state index is -0.396. The third-order valence-electron chi connectivity index (χ3n) is 3.54. The summed E-state index contributed by atoms with van der Waals surface area (Å²) in [6, 6.07) is 18.5. The number of fused-ring (bicyclic) bond motifs is 1. The van der Waals surface area contributed by atoms with Gasteiger partial charge in [-0.05, 0) is 40.6 Å². The number of nitrogens with one attached hydrogen (secondary N) is 1. The molecule has 0 fully saturated rings. The molecular weight excluding hydrogens is 331 g/mol.